The summed E-state index contributed by atoms with van der Waals surface area (Å²) in [6.07, 6.45) is 1.80. The van der Waals surface area contributed by atoms with E-state index in [1.807, 2.05) is 31.2 Å². The second kappa shape index (κ2) is 7.79. The van der Waals surface area contributed by atoms with Gasteiger partial charge in [0.15, 0.2) is 0 Å². The second-order valence-electron chi connectivity index (χ2n) is 4.82. The smallest absolute Gasteiger partial charge is 0.319 e. The zero-order valence-electron chi connectivity index (χ0n) is 11.9. The fraction of sp³-hybridized carbons (Fsp3) is 0.533. The molecule has 0 radical (unpaired) electrons. The van der Waals surface area contributed by atoms with Crippen molar-refractivity contribution in [2.75, 3.05) is 11.9 Å². The largest absolute Gasteiger partial charge is 0.394 e. The molecule has 4 nitrogen and oxygen atoms in total. The van der Waals surface area contributed by atoms with Crippen LogP contribution in [0.1, 0.15) is 45.1 Å². The Morgan fingerprint density at radius 3 is 2.32 bits per heavy atom. The summed E-state index contributed by atoms with van der Waals surface area (Å²) in [4.78, 5) is 11.7. The second-order valence-corrected chi connectivity index (χ2v) is 4.82. The van der Waals surface area contributed by atoms with Gasteiger partial charge in [-0.05, 0) is 36.5 Å². The summed E-state index contributed by atoms with van der Waals surface area (Å²) in [5.74, 6) is 0.529. The van der Waals surface area contributed by atoms with Crippen molar-refractivity contribution in [3.63, 3.8) is 0 Å². The lowest BCUT2D eigenvalue weighted by molar-refractivity contribution is 0.222. The third kappa shape index (κ3) is 4.91. The first-order valence-electron chi connectivity index (χ1n) is 6.89. The number of hydrogen-bond acceptors (Lipinski definition) is 2. The first-order chi connectivity index (χ1) is 9.10. The van der Waals surface area contributed by atoms with Crippen LogP contribution in [0, 0.1) is 0 Å². The summed E-state index contributed by atoms with van der Waals surface area (Å²) in [5, 5.41) is 14.5. The Hall–Kier alpha value is -1.55. The number of amides is 2. The van der Waals surface area contributed by atoms with Crippen LogP contribution in [-0.2, 0) is 0 Å². The Bertz CT molecular complexity index is 386. The lowest BCUT2D eigenvalue weighted by atomic mass is 9.99. The molecule has 1 rings (SSSR count). The number of carbonyl (C=O) groups is 1. The van der Waals surface area contributed by atoms with Gasteiger partial charge in [-0.15, -0.1) is 0 Å². The molecule has 3 N–H and O–H groups in total. The van der Waals surface area contributed by atoms with Gasteiger partial charge in [0, 0.05) is 5.69 Å². The van der Waals surface area contributed by atoms with E-state index in [0.717, 1.165) is 12.1 Å². The predicted molar refractivity (Wildman–Crippen MR) is 78.5 cm³/mol. The molecule has 0 aliphatic rings. The van der Waals surface area contributed by atoms with E-state index in [-0.39, 0.29) is 18.7 Å². The van der Waals surface area contributed by atoms with Gasteiger partial charge < -0.3 is 15.7 Å². The molecule has 0 aromatic heterocycles. The maximum atomic E-state index is 11.7. The minimum atomic E-state index is -0.280. The Labute approximate surface area is 115 Å². The van der Waals surface area contributed by atoms with Gasteiger partial charge >= 0.3 is 6.03 Å². The van der Waals surface area contributed by atoms with E-state index >= 15 is 0 Å². The van der Waals surface area contributed by atoms with Crippen molar-refractivity contribution in [3.05, 3.63) is 29.8 Å². The van der Waals surface area contributed by atoms with Crippen LogP contribution in [0.15, 0.2) is 24.3 Å². The normalized spacial score (nSPS) is 13.7. The average molecular weight is 264 g/mol. The van der Waals surface area contributed by atoms with E-state index < -0.39 is 0 Å². The van der Waals surface area contributed by atoms with Crippen LogP contribution in [0.3, 0.4) is 0 Å². The van der Waals surface area contributed by atoms with Crippen molar-refractivity contribution < 1.29 is 9.90 Å². The van der Waals surface area contributed by atoms with Gasteiger partial charge in [-0.1, -0.05) is 32.9 Å². The van der Waals surface area contributed by atoms with Crippen molar-refractivity contribution in [3.8, 4) is 0 Å². The molecule has 0 bridgehead atoms. The lowest BCUT2D eigenvalue weighted by Crippen LogP contribution is -2.39. The highest BCUT2D eigenvalue weighted by Crippen LogP contribution is 2.20. The molecule has 0 spiro atoms. The van der Waals surface area contributed by atoms with Gasteiger partial charge in [-0.3, -0.25) is 0 Å². The van der Waals surface area contributed by atoms with Gasteiger partial charge in [0.1, 0.15) is 0 Å². The number of rotatable bonds is 6. The molecule has 4 heteroatoms. The number of carbonyl (C=O) groups excluding carboxylic acids is 1. The summed E-state index contributed by atoms with van der Waals surface area (Å²) in [5.41, 5.74) is 2.03. The predicted octanol–water partition coefficient (Wildman–Crippen LogP) is 3.09. The molecule has 2 amide bonds. The molecule has 0 aliphatic heterocycles. The third-order valence-electron chi connectivity index (χ3n) is 3.40. The van der Waals surface area contributed by atoms with Crippen LogP contribution >= 0.6 is 0 Å². The first kappa shape index (κ1) is 15.5. The molecule has 1 aromatic carbocycles. The summed E-state index contributed by atoms with van der Waals surface area (Å²) in [6, 6.07) is 7.40. The fourth-order valence-corrected chi connectivity index (χ4v) is 1.76. The minimum Gasteiger partial charge on any atom is -0.394 e. The van der Waals surface area contributed by atoms with Crippen molar-refractivity contribution >= 4 is 11.7 Å². The summed E-state index contributed by atoms with van der Waals surface area (Å²) in [7, 11) is 0. The minimum absolute atomic E-state index is 0.0448. The highest BCUT2D eigenvalue weighted by atomic mass is 16.3. The molecule has 0 unspecified atom stereocenters. The fourth-order valence-electron chi connectivity index (χ4n) is 1.76. The molecule has 1 aromatic rings. The molecule has 0 saturated carbocycles. The number of nitrogens with one attached hydrogen (secondary N) is 2. The average Bonchev–Trinajstić information content (AvgIpc) is 2.44. The SMILES string of the molecule is CC[C@H](CO)NC(=O)Nc1ccc([C@H](C)CC)cc1. The summed E-state index contributed by atoms with van der Waals surface area (Å²) >= 11 is 0. The van der Waals surface area contributed by atoms with Gasteiger partial charge in [0.05, 0.1) is 12.6 Å². The Morgan fingerprint density at radius 1 is 1.21 bits per heavy atom. The molecule has 19 heavy (non-hydrogen) atoms. The van der Waals surface area contributed by atoms with Crippen LogP contribution < -0.4 is 10.6 Å². The summed E-state index contributed by atoms with van der Waals surface area (Å²) < 4.78 is 0. The molecule has 0 aliphatic carbocycles. The van der Waals surface area contributed by atoms with E-state index in [4.69, 9.17) is 5.11 Å². The zero-order valence-corrected chi connectivity index (χ0v) is 11.9. The van der Waals surface area contributed by atoms with E-state index in [1.165, 1.54) is 5.56 Å². The maximum Gasteiger partial charge on any atom is 0.319 e. The Morgan fingerprint density at radius 2 is 1.84 bits per heavy atom. The van der Waals surface area contributed by atoms with Gasteiger partial charge in [-0.2, -0.15) is 0 Å². The zero-order chi connectivity index (χ0) is 14.3. The van der Waals surface area contributed by atoms with Crippen molar-refractivity contribution in [2.24, 2.45) is 0 Å². The van der Waals surface area contributed by atoms with E-state index in [2.05, 4.69) is 24.5 Å². The van der Waals surface area contributed by atoms with Crippen molar-refractivity contribution in [1.82, 2.24) is 5.32 Å². The van der Waals surface area contributed by atoms with Crippen LogP contribution in [0.4, 0.5) is 10.5 Å². The van der Waals surface area contributed by atoms with Gasteiger partial charge in [0.2, 0.25) is 0 Å². The van der Waals surface area contributed by atoms with Crippen LogP contribution in [0.5, 0.6) is 0 Å². The molecule has 0 heterocycles. The summed E-state index contributed by atoms with van der Waals surface area (Å²) in [6.45, 7) is 6.21. The van der Waals surface area contributed by atoms with E-state index in [1.54, 1.807) is 0 Å². The quantitative estimate of drug-likeness (QED) is 0.739. The lowest BCUT2D eigenvalue weighted by Gasteiger charge is -2.15. The van der Waals surface area contributed by atoms with Gasteiger partial charge in [-0.25, -0.2) is 4.79 Å². The number of hydrogen-bond donors (Lipinski definition) is 3. The molecular formula is C15H24N2O2. The highest BCUT2D eigenvalue weighted by molar-refractivity contribution is 5.89. The van der Waals surface area contributed by atoms with Crippen molar-refractivity contribution in [1.29, 1.82) is 0 Å². The number of urea groups is 1. The number of aliphatic hydroxyl groups excluding tert-OH is 1. The number of benzene rings is 1. The Kier molecular flexibility index (Phi) is 6.36. The molecule has 2 atom stereocenters. The molecule has 106 valence electrons. The molecule has 0 saturated heterocycles. The topological polar surface area (TPSA) is 61.4 Å². The third-order valence-corrected chi connectivity index (χ3v) is 3.40. The van der Waals surface area contributed by atoms with Crippen LogP contribution in [0.2, 0.25) is 0 Å². The first-order valence-corrected chi connectivity index (χ1v) is 6.89. The standard InChI is InChI=1S/C15H24N2O2/c1-4-11(3)12-6-8-14(9-7-12)17-15(19)16-13(5-2)10-18/h6-9,11,13,18H,4-5,10H2,1-3H3,(H2,16,17,19)/t11-,13-/m1/s1. The molecular weight excluding hydrogens is 240 g/mol. The van der Waals surface area contributed by atoms with Crippen LogP contribution in [0.25, 0.3) is 0 Å². The van der Waals surface area contributed by atoms with E-state index in [0.29, 0.717) is 12.3 Å². The number of anilines is 1. The number of aliphatic hydroxyl groups is 1. The Balaban J connectivity index is 2.55. The molecule has 0 fully saturated rings. The van der Waals surface area contributed by atoms with Crippen LogP contribution in [-0.4, -0.2) is 23.8 Å². The van der Waals surface area contributed by atoms with E-state index in [9.17, 15) is 4.79 Å². The monoisotopic (exact) mass is 264 g/mol. The van der Waals surface area contributed by atoms with Crippen molar-refractivity contribution in [2.45, 2.75) is 45.6 Å². The highest BCUT2D eigenvalue weighted by Gasteiger charge is 2.09. The maximum absolute atomic E-state index is 11.7. The van der Waals surface area contributed by atoms with Gasteiger partial charge in [0.25, 0.3) is 0 Å².